The maximum absolute atomic E-state index is 12.0. The van der Waals surface area contributed by atoms with E-state index in [1.54, 1.807) is 0 Å². The van der Waals surface area contributed by atoms with Crippen molar-refractivity contribution in [2.24, 2.45) is 5.10 Å². The summed E-state index contributed by atoms with van der Waals surface area (Å²) in [5.74, 6) is 0.890. The number of hydrogen-bond donors (Lipinski definition) is 0. The lowest BCUT2D eigenvalue weighted by molar-refractivity contribution is -0.143. The Morgan fingerprint density at radius 3 is 2.43 bits per heavy atom. The molecule has 3 aliphatic rings. The molecule has 6 nitrogen and oxygen atoms in total. The van der Waals surface area contributed by atoms with E-state index >= 15 is 0 Å². The molecule has 1 atom stereocenters. The topological polar surface area (TPSA) is 62.2 Å². The van der Waals surface area contributed by atoms with Crippen molar-refractivity contribution in [3.8, 4) is 5.75 Å². The van der Waals surface area contributed by atoms with Crippen LogP contribution < -0.4 is 4.74 Å². The first kappa shape index (κ1) is 17.7. The number of fused-ring (bicyclic) bond motifs is 4. The van der Waals surface area contributed by atoms with Crippen LogP contribution in [0.15, 0.2) is 59.7 Å². The highest BCUT2D eigenvalue weighted by molar-refractivity contribution is 7.88. The number of hydrogen-bond acceptors (Lipinski definition) is 5. The lowest BCUT2D eigenvalue weighted by Crippen LogP contribution is -2.59. The highest BCUT2D eigenvalue weighted by Gasteiger charge is 2.52. The van der Waals surface area contributed by atoms with Crippen LogP contribution >= 0.6 is 0 Å². The molecule has 1 spiro atoms. The van der Waals surface area contributed by atoms with Crippen LogP contribution in [0.25, 0.3) is 0 Å². The van der Waals surface area contributed by atoms with Gasteiger partial charge in [-0.1, -0.05) is 48.5 Å². The molecule has 0 N–H and O–H groups in total. The maximum Gasteiger partial charge on any atom is 0.211 e. The third-order valence-corrected chi connectivity index (χ3v) is 7.29. The minimum Gasteiger partial charge on any atom is -0.466 e. The van der Waals surface area contributed by atoms with Gasteiger partial charge < -0.3 is 4.74 Å². The molecule has 0 bridgehead atoms. The number of ether oxygens (including phenoxy) is 1. The van der Waals surface area contributed by atoms with E-state index in [0.717, 1.165) is 29.0 Å². The van der Waals surface area contributed by atoms with Gasteiger partial charge in [-0.2, -0.15) is 5.10 Å². The Kier molecular flexibility index (Phi) is 4.00. The van der Waals surface area contributed by atoms with Gasteiger partial charge in [-0.3, -0.25) is 0 Å². The highest BCUT2D eigenvalue weighted by Crippen LogP contribution is 2.49. The molecule has 2 aromatic carbocycles. The second kappa shape index (κ2) is 6.32. The highest BCUT2D eigenvalue weighted by atomic mass is 32.2. The van der Waals surface area contributed by atoms with Crippen molar-refractivity contribution >= 4 is 15.7 Å². The number of piperidine rings is 1. The Morgan fingerprint density at radius 2 is 1.71 bits per heavy atom. The van der Waals surface area contributed by atoms with Crippen molar-refractivity contribution in [1.29, 1.82) is 0 Å². The van der Waals surface area contributed by atoms with Crippen LogP contribution in [0.5, 0.6) is 5.75 Å². The van der Waals surface area contributed by atoms with Gasteiger partial charge in [-0.25, -0.2) is 17.7 Å². The minimum absolute atomic E-state index is 0.116. The second-order valence-electron chi connectivity index (χ2n) is 7.73. The fraction of sp³-hybridized carbons (Fsp3) is 0.381. The van der Waals surface area contributed by atoms with Crippen LogP contribution in [-0.2, 0) is 10.0 Å². The molecule has 3 aliphatic heterocycles. The molecular weight excluding hydrogens is 374 g/mol. The van der Waals surface area contributed by atoms with Gasteiger partial charge in [0, 0.05) is 37.9 Å². The van der Waals surface area contributed by atoms with E-state index in [1.807, 2.05) is 36.4 Å². The van der Waals surface area contributed by atoms with Gasteiger partial charge >= 0.3 is 0 Å². The predicted octanol–water partition coefficient (Wildman–Crippen LogP) is 2.98. The van der Waals surface area contributed by atoms with Crippen molar-refractivity contribution in [2.75, 3.05) is 19.3 Å². The molecule has 5 rings (SSSR count). The first-order valence-corrected chi connectivity index (χ1v) is 11.5. The molecular formula is C21H23N3O3S. The van der Waals surface area contributed by atoms with Crippen LogP contribution in [0.2, 0.25) is 0 Å². The molecule has 2 aromatic rings. The second-order valence-corrected chi connectivity index (χ2v) is 9.71. The van der Waals surface area contributed by atoms with Crippen LogP contribution in [0.3, 0.4) is 0 Å². The third kappa shape index (κ3) is 2.81. The summed E-state index contributed by atoms with van der Waals surface area (Å²) in [5.41, 5.74) is 2.72. The van der Waals surface area contributed by atoms with Gasteiger partial charge in [0.25, 0.3) is 0 Å². The maximum atomic E-state index is 12.0. The summed E-state index contributed by atoms with van der Waals surface area (Å²) >= 11 is 0. The summed E-state index contributed by atoms with van der Waals surface area (Å²) in [6.45, 7) is 0.890. The van der Waals surface area contributed by atoms with Gasteiger partial charge in [0.05, 0.1) is 18.0 Å². The Morgan fingerprint density at radius 1 is 1.04 bits per heavy atom. The Balaban J connectivity index is 1.54. The molecule has 0 aliphatic carbocycles. The van der Waals surface area contributed by atoms with E-state index < -0.39 is 15.7 Å². The molecule has 1 fully saturated rings. The normalized spacial score (nSPS) is 23.7. The average Bonchev–Trinajstić information content (AvgIpc) is 3.15. The van der Waals surface area contributed by atoms with Gasteiger partial charge in [0.2, 0.25) is 15.7 Å². The number of benzene rings is 2. The van der Waals surface area contributed by atoms with E-state index in [4.69, 9.17) is 9.84 Å². The minimum atomic E-state index is -3.19. The lowest BCUT2D eigenvalue weighted by Gasteiger charge is -2.50. The van der Waals surface area contributed by atoms with Crippen molar-refractivity contribution in [1.82, 2.24) is 9.31 Å². The van der Waals surface area contributed by atoms with Gasteiger partial charge in [0.15, 0.2) is 0 Å². The zero-order valence-corrected chi connectivity index (χ0v) is 16.6. The van der Waals surface area contributed by atoms with E-state index in [9.17, 15) is 8.42 Å². The summed E-state index contributed by atoms with van der Waals surface area (Å²) in [5, 5.41) is 7.11. The Hall–Kier alpha value is -2.38. The van der Waals surface area contributed by atoms with Crippen LogP contribution in [0.4, 0.5) is 0 Å². The van der Waals surface area contributed by atoms with E-state index in [0.29, 0.717) is 25.9 Å². The molecule has 0 aromatic heterocycles. The van der Waals surface area contributed by atoms with Crippen molar-refractivity contribution in [3.63, 3.8) is 0 Å². The fourth-order valence-corrected chi connectivity index (χ4v) is 5.38. The summed E-state index contributed by atoms with van der Waals surface area (Å²) in [6.07, 6.45) is 3.28. The largest absolute Gasteiger partial charge is 0.466 e. The molecule has 0 saturated carbocycles. The van der Waals surface area contributed by atoms with E-state index in [2.05, 4.69) is 23.2 Å². The monoisotopic (exact) mass is 397 g/mol. The first-order chi connectivity index (χ1) is 13.5. The molecule has 0 unspecified atom stereocenters. The molecule has 146 valence electrons. The number of para-hydroxylation sites is 1. The van der Waals surface area contributed by atoms with Gasteiger partial charge in [0.1, 0.15) is 5.75 Å². The molecule has 28 heavy (non-hydrogen) atoms. The fourth-order valence-electron chi connectivity index (χ4n) is 4.53. The number of rotatable bonds is 2. The smallest absolute Gasteiger partial charge is 0.211 e. The number of hydrazone groups is 1. The standard InChI is InChI=1S/C21H23N3O3S/c1-28(25,26)23-13-11-21(12-14-23)24-19(17-9-5-6-10-20(17)27-21)15-18(22-24)16-7-3-2-4-8-16/h2-10,19H,11-15H2,1H3/t19-/m0/s1. The molecule has 7 heteroatoms. The zero-order chi connectivity index (χ0) is 19.4. The van der Waals surface area contributed by atoms with Crippen LogP contribution in [0, 0.1) is 0 Å². The zero-order valence-electron chi connectivity index (χ0n) is 15.8. The number of nitrogens with zero attached hydrogens (tertiary/aromatic N) is 3. The SMILES string of the molecule is CS(=O)(=O)N1CCC2(CC1)Oc1ccccc1[C@@H]1CC(c3ccccc3)=NN12. The summed E-state index contributed by atoms with van der Waals surface area (Å²) in [7, 11) is -3.19. The predicted molar refractivity (Wildman–Crippen MR) is 108 cm³/mol. The summed E-state index contributed by atoms with van der Waals surface area (Å²) < 4.78 is 32.0. The van der Waals surface area contributed by atoms with Crippen molar-refractivity contribution in [3.05, 3.63) is 65.7 Å². The van der Waals surface area contributed by atoms with E-state index in [-0.39, 0.29) is 6.04 Å². The third-order valence-electron chi connectivity index (χ3n) is 5.99. The van der Waals surface area contributed by atoms with Gasteiger partial charge in [-0.05, 0) is 11.6 Å². The van der Waals surface area contributed by atoms with E-state index in [1.165, 1.54) is 10.6 Å². The molecule has 0 amide bonds. The molecule has 0 radical (unpaired) electrons. The van der Waals surface area contributed by atoms with Crippen LogP contribution in [0.1, 0.15) is 36.4 Å². The average molecular weight is 398 g/mol. The Bertz CT molecular complexity index is 1030. The number of sulfonamides is 1. The van der Waals surface area contributed by atoms with Crippen molar-refractivity contribution in [2.45, 2.75) is 31.0 Å². The van der Waals surface area contributed by atoms with Gasteiger partial charge in [-0.15, -0.1) is 0 Å². The Labute approximate surface area is 165 Å². The summed E-state index contributed by atoms with van der Waals surface area (Å²) in [6, 6.07) is 18.5. The molecule has 1 saturated heterocycles. The molecule has 3 heterocycles. The van der Waals surface area contributed by atoms with Crippen LogP contribution in [-0.4, -0.2) is 48.5 Å². The van der Waals surface area contributed by atoms with Crippen molar-refractivity contribution < 1.29 is 13.2 Å². The lowest BCUT2D eigenvalue weighted by atomic mass is 9.91. The quantitative estimate of drug-likeness (QED) is 0.782. The summed E-state index contributed by atoms with van der Waals surface area (Å²) in [4.78, 5) is 0. The first-order valence-electron chi connectivity index (χ1n) is 9.62.